The molecule has 18 heteroatoms. The number of rotatable bonds is 18. The predicted molar refractivity (Wildman–Crippen MR) is 343 cm³/mol. The Labute approximate surface area is 528 Å². The Kier molecular flexibility index (Phi) is 16.7. The summed E-state index contributed by atoms with van der Waals surface area (Å²) in [6.07, 6.45) is 0.368. The van der Waals surface area contributed by atoms with Gasteiger partial charge in [0.25, 0.3) is 11.6 Å². The molecular weight excluding hydrogens is 1150 g/mol. The van der Waals surface area contributed by atoms with Gasteiger partial charge in [0.2, 0.25) is 69.7 Å². The van der Waals surface area contributed by atoms with Crippen LogP contribution in [0, 0.1) is 48.5 Å². The molecule has 12 aromatic rings. The number of aryl methyl sites for hydroxylation is 7. The predicted octanol–water partition coefficient (Wildman–Crippen LogP) is 12.2. The SMILES string of the molecule is Cc1cc(C)cc(-c2nc(C(=O)c3nc(-c4cc(C)cc(C)c4)nc(-c4cc(C)cc(Cc5ccc(C(=O)c6nc(C(=O)c7ccccc7)nc(C(=O)c7nc(C(=O)c8ccccc8)nc(C(=O)c8ccccc8)n7)n6)cc5)c4)n3)nc(-c3cc(C)cc(C)c3)n2)c1. The van der Waals surface area contributed by atoms with Crippen molar-refractivity contribution >= 4 is 34.7 Å². The molecule has 0 fully saturated rings. The monoisotopic (exact) mass is 1210 g/mol. The molecule has 0 spiro atoms. The minimum Gasteiger partial charge on any atom is -0.285 e. The normalized spacial score (nSPS) is 11.1. The Morgan fingerprint density at radius 1 is 0.228 bits per heavy atom. The number of hydrogen-bond acceptors (Lipinski definition) is 18. The van der Waals surface area contributed by atoms with Crippen LogP contribution in [-0.4, -0.2) is 94.5 Å². The van der Waals surface area contributed by atoms with E-state index in [9.17, 15) is 24.0 Å². The summed E-state index contributed by atoms with van der Waals surface area (Å²) >= 11 is 0. The Bertz CT molecular complexity index is 4790. The second-order valence-corrected chi connectivity index (χ2v) is 22.5. The fourth-order valence-electron chi connectivity index (χ4n) is 10.7. The Balaban J connectivity index is 0.878. The average Bonchev–Trinajstić information content (AvgIpc) is 1.05. The second kappa shape index (κ2) is 25.5. The molecule has 0 saturated carbocycles. The highest BCUT2D eigenvalue weighted by atomic mass is 16.2. The number of aromatic nitrogens is 12. The summed E-state index contributed by atoms with van der Waals surface area (Å²) in [6.45, 7) is 13.9. The highest BCUT2D eigenvalue weighted by molar-refractivity contribution is 6.13. The summed E-state index contributed by atoms with van der Waals surface area (Å²) in [5.41, 5.74) is 11.8. The Morgan fingerprint density at radius 3 is 0.761 bits per heavy atom. The summed E-state index contributed by atoms with van der Waals surface area (Å²) < 4.78 is 0. The van der Waals surface area contributed by atoms with Crippen molar-refractivity contribution in [1.82, 2.24) is 59.8 Å². The van der Waals surface area contributed by atoms with Crippen LogP contribution in [0.15, 0.2) is 188 Å². The zero-order valence-electron chi connectivity index (χ0n) is 50.9. The number of hydrogen-bond donors (Lipinski definition) is 0. The first-order chi connectivity index (χ1) is 44.3. The van der Waals surface area contributed by atoms with Gasteiger partial charge in [0.05, 0.1) is 0 Å². The molecule has 4 heterocycles. The molecule has 0 amide bonds. The lowest BCUT2D eigenvalue weighted by Gasteiger charge is -2.12. The van der Waals surface area contributed by atoms with E-state index in [0.29, 0.717) is 29.2 Å². The largest absolute Gasteiger partial charge is 0.285 e. The molecule has 18 nitrogen and oxygen atoms in total. The van der Waals surface area contributed by atoms with Crippen LogP contribution in [0.2, 0.25) is 0 Å². The topological polar surface area (TPSA) is 257 Å². The summed E-state index contributed by atoms with van der Waals surface area (Å²) in [6, 6.07) is 54.5. The molecule has 0 unspecified atom stereocenters. The van der Waals surface area contributed by atoms with E-state index < -0.39 is 69.6 Å². The van der Waals surface area contributed by atoms with E-state index in [4.69, 9.17) is 29.9 Å². The molecule has 92 heavy (non-hydrogen) atoms. The van der Waals surface area contributed by atoms with Gasteiger partial charge in [-0.1, -0.05) is 178 Å². The minimum absolute atomic E-state index is 0.106. The average molecular weight is 1210 g/mol. The third-order valence-corrected chi connectivity index (χ3v) is 14.7. The third-order valence-electron chi connectivity index (χ3n) is 14.7. The maximum Gasteiger partial charge on any atom is 0.267 e. The van der Waals surface area contributed by atoms with Crippen LogP contribution < -0.4 is 0 Å². The van der Waals surface area contributed by atoms with Crippen LogP contribution in [0.4, 0.5) is 0 Å². The van der Waals surface area contributed by atoms with Gasteiger partial charge in [-0.25, -0.2) is 59.8 Å². The van der Waals surface area contributed by atoms with Crippen molar-refractivity contribution in [1.29, 1.82) is 0 Å². The Morgan fingerprint density at radius 2 is 0.467 bits per heavy atom. The van der Waals surface area contributed by atoms with Crippen LogP contribution in [0.25, 0.3) is 45.6 Å². The first-order valence-corrected chi connectivity index (χ1v) is 29.3. The van der Waals surface area contributed by atoms with Gasteiger partial charge in [0, 0.05) is 44.5 Å². The number of carbonyl (C=O) groups excluding carboxylic acids is 6. The first kappa shape index (κ1) is 60.1. The Hall–Kier alpha value is -12.2. The molecular formula is C74H54N12O6. The standard InChI is InChI=1S/C74H54N12O6/c1-40-27-41(2)32-53(31-40)63-75-64(54-33-42(3)28-43(4)34-54)78-71(77-63)61(91)72-79-65(55-35-44(5)29-45(6)36-55)76-66(80-72)56-37-46(7)30-48(39-56)38-47-23-25-52(26-24-47)60(90)70-82-69(59(89)51-21-15-10-16-22-51)85-74(86-70)62(92)73-83-67(57(87)49-17-11-8-12-18-49)81-68(84-73)58(88)50-19-13-9-14-20-50/h8-37,39H,38H2,1-7H3. The zero-order chi connectivity index (χ0) is 64.3. The molecule has 0 atom stereocenters. The van der Waals surface area contributed by atoms with Gasteiger partial charge in [0.1, 0.15) is 0 Å². The maximum atomic E-state index is 15.1. The van der Waals surface area contributed by atoms with Crippen LogP contribution in [-0.2, 0) is 6.42 Å². The second-order valence-electron chi connectivity index (χ2n) is 22.5. The van der Waals surface area contributed by atoms with Crippen LogP contribution in [0.1, 0.15) is 148 Å². The fraction of sp³-hybridized carbons (Fsp3) is 0.108. The van der Waals surface area contributed by atoms with Crippen molar-refractivity contribution in [2.45, 2.75) is 54.9 Å². The van der Waals surface area contributed by atoms with E-state index in [1.165, 1.54) is 36.4 Å². The van der Waals surface area contributed by atoms with Crippen molar-refractivity contribution in [3.63, 3.8) is 0 Å². The highest BCUT2D eigenvalue weighted by Gasteiger charge is 2.30. The van der Waals surface area contributed by atoms with E-state index >= 15 is 4.79 Å². The van der Waals surface area contributed by atoms with Crippen LogP contribution >= 0.6 is 0 Å². The fourth-order valence-corrected chi connectivity index (χ4v) is 10.7. The van der Waals surface area contributed by atoms with Crippen LogP contribution in [0.3, 0.4) is 0 Å². The maximum absolute atomic E-state index is 15.1. The van der Waals surface area contributed by atoms with Crippen molar-refractivity contribution in [3.05, 3.63) is 307 Å². The van der Waals surface area contributed by atoms with Crippen molar-refractivity contribution < 1.29 is 28.8 Å². The van der Waals surface area contributed by atoms with Crippen molar-refractivity contribution in [2.75, 3.05) is 0 Å². The molecule has 0 aliphatic rings. The van der Waals surface area contributed by atoms with Gasteiger partial charge in [-0.2, -0.15) is 0 Å². The molecule has 0 aliphatic carbocycles. The lowest BCUT2D eigenvalue weighted by Crippen LogP contribution is -2.23. The van der Waals surface area contributed by atoms with Crippen molar-refractivity contribution in [2.24, 2.45) is 0 Å². The first-order valence-electron chi connectivity index (χ1n) is 29.3. The van der Waals surface area contributed by atoms with Crippen molar-refractivity contribution in [3.8, 4) is 45.6 Å². The van der Waals surface area contributed by atoms with Crippen LogP contribution in [0.5, 0.6) is 0 Å². The quantitative estimate of drug-likeness (QED) is 0.0723. The molecule has 0 radical (unpaired) electrons. The van der Waals surface area contributed by atoms with E-state index in [1.807, 2.05) is 109 Å². The molecule has 4 aromatic heterocycles. The van der Waals surface area contributed by atoms with E-state index in [2.05, 4.69) is 42.0 Å². The zero-order valence-corrected chi connectivity index (χ0v) is 50.9. The summed E-state index contributed by atoms with van der Waals surface area (Å²) in [5, 5.41) is 0. The number of ketones is 6. The highest BCUT2D eigenvalue weighted by Crippen LogP contribution is 2.29. The number of nitrogens with zero attached hydrogens (tertiary/aromatic N) is 12. The van der Waals surface area contributed by atoms with Gasteiger partial charge >= 0.3 is 0 Å². The molecule has 8 aromatic carbocycles. The lowest BCUT2D eigenvalue weighted by atomic mass is 9.98. The van der Waals surface area contributed by atoms with Gasteiger partial charge in [0.15, 0.2) is 23.3 Å². The smallest absolute Gasteiger partial charge is 0.267 e. The van der Waals surface area contributed by atoms with Gasteiger partial charge in [-0.15, -0.1) is 0 Å². The molecule has 446 valence electrons. The molecule has 0 saturated heterocycles. The van der Waals surface area contributed by atoms with E-state index in [0.717, 1.165) is 61.2 Å². The molecule has 0 N–H and O–H groups in total. The van der Waals surface area contributed by atoms with Gasteiger partial charge < -0.3 is 0 Å². The molecule has 0 aliphatic heterocycles. The lowest BCUT2D eigenvalue weighted by molar-refractivity contribution is 0.0997. The summed E-state index contributed by atoms with van der Waals surface area (Å²) in [7, 11) is 0. The van der Waals surface area contributed by atoms with E-state index in [1.54, 1.807) is 78.9 Å². The molecule has 12 rings (SSSR count). The van der Waals surface area contributed by atoms with Gasteiger partial charge in [-0.3, -0.25) is 28.8 Å². The minimum atomic E-state index is -1.13. The number of benzene rings is 8. The number of carbonyl (C=O) groups is 6. The third kappa shape index (κ3) is 13.3. The summed E-state index contributed by atoms with van der Waals surface area (Å²) in [5.74, 6) is -7.32. The molecule has 0 bridgehead atoms. The summed E-state index contributed by atoms with van der Waals surface area (Å²) in [4.78, 5) is 141. The van der Waals surface area contributed by atoms with E-state index in [-0.39, 0.29) is 45.6 Å². The van der Waals surface area contributed by atoms with Gasteiger partial charge in [-0.05, 0) is 115 Å².